The summed E-state index contributed by atoms with van der Waals surface area (Å²) in [5.74, 6) is 0.370. The molecule has 20 heavy (non-hydrogen) atoms. The lowest BCUT2D eigenvalue weighted by Gasteiger charge is -2.35. The normalized spacial score (nSPS) is 21.1. The Hall–Kier alpha value is -1.78. The van der Waals surface area contributed by atoms with Gasteiger partial charge in [0.15, 0.2) is 0 Å². The van der Waals surface area contributed by atoms with E-state index in [1.54, 1.807) is 11.0 Å². The Morgan fingerprint density at radius 3 is 2.15 bits per heavy atom. The molecule has 1 heterocycles. The molecule has 5 nitrogen and oxygen atoms in total. The Morgan fingerprint density at radius 1 is 1.10 bits per heavy atom. The Bertz CT molecular complexity index is 456. The van der Waals surface area contributed by atoms with Gasteiger partial charge in [0.25, 0.3) is 5.91 Å². The van der Waals surface area contributed by atoms with Gasteiger partial charge in [-0.2, -0.15) is 0 Å². The van der Waals surface area contributed by atoms with Crippen LogP contribution in [0.1, 0.15) is 26.7 Å². The quantitative estimate of drug-likeness (QED) is 0.615. The third-order valence-corrected chi connectivity index (χ3v) is 3.89. The van der Waals surface area contributed by atoms with Crippen LogP contribution < -0.4 is 5.73 Å². The van der Waals surface area contributed by atoms with E-state index in [0.29, 0.717) is 26.2 Å². The maximum atomic E-state index is 12.2. The second-order valence-electron chi connectivity index (χ2n) is 5.52. The SMILES string of the molecule is C/C=C(C)\C=C(/N)C(=O)N1CCN(C(=O)C2CC2)CC1. The maximum Gasteiger partial charge on any atom is 0.269 e. The Labute approximate surface area is 120 Å². The van der Waals surface area contributed by atoms with E-state index in [2.05, 4.69) is 0 Å². The largest absolute Gasteiger partial charge is 0.394 e. The molecule has 1 saturated carbocycles. The maximum absolute atomic E-state index is 12.2. The van der Waals surface area contributed by atoms with Crippen LogP contribution in [0.25, 0.3) is 0 Å². The number of nitrogens with two attached hydrogens (primary N) is 1. The summed E-state index contributed by atoms with van der Waals surface area (Å²) in [6.45, 7) is 6.20. The van der Waals surface area contributed by atoms with Crippen LogP contribution in [-0.2, 0) is 9.59 Å². The zero-order valence-electron chi connectivity index (χ0n) is 12.3. The lowest BCUT2D eigenvalue weighted by molar-refractivity contribution is -0.138. The van der Waals surface area contributed by atoms with Gasteiger partial charge in [0.05, 0.1) is 5.70 Å². The van der Waals surface area contributed by atoms with E-state index in [0.717, 1.165) is 18.4 Å². The smallest absolute Gasteiger partial charge is 0.269 e. The summed E-state index contributed by atoms with van der Waals surface area (Å²) in [5.41, 5.74) is 7.06. The first-order valence-corrected chi connectivity index (χ1v) is 7.21. The zero-order chi connectivity index (χ0) is 14.7. The number of hydrogen-bond donors (Lipinski definition) is 1. The number of nitrogens with zero attached hydrogens (tertiary/aromatic N) is 2. The van der Waals surface area contributed by atoms with Crippen molar-refractivity contribution in [1.82, 2.24) is 9.80 Å². The van der Waals surface area contributed by atoms with Crippen molar-refractivity contribution >= 4 is 11.8 Å². The van der Waals surface area contributed by atoms with Crippen molar-refractivity contribution in [1.29, 1.82) is 0 Å². The molecule has 1 aliphatic heterocycles. The molecular formula is C15H23N3O2. The van der Waals surface area contributed by atoms with Crippen molar-refractivity contribution in [3.63, 3.8) is 0 Å². The van der Waals surface area contributed by atoms with E-state index in [1.807, 2.05) is 24.8 Å². The van der Waals surface area contributed by atoms with Gasteiger partial charge in [0.2, 0.25) is 5.91 Å². The number of carbonyl (C=O) groups is 2. The van der Waals surface area contributed by atoms with Crippen molar-refractivity contribution in [2.75, 3.05) is 26.2 Å². The lowest BCUT2D eigenvalue weighted by atomic mass is 10.2. The molecule has 0 unspecified atom stereocenters. The number of piperazine rings is 1. The minimum atomic E-state index is -0.135. The number of hydrogen-bond acceptors (Lipinski definition) is 3. The van der Waals surface area contributed by atoms with Crippen LogP contribution in [0.5, 0.6) is 0 Å². The van der Waals surface area contributed by atoms with Crippen molar-refractivity contribution in [3.8, 4) is 0 Å². The van der Waals surface area contributed by atoms with Crippen molar-refractivity contribution < 1.29 is 9.59 Å². The average molecular weight is 277 g/mol. The van der Waals surface area contributed by atoms with E-state index in [4.69, 9.17) is 5.73 Å². The van der Waals surface area contributed by atoms with Crippen LogP contribution in [0.15, 0.2) is 23.4 Å². The van der Waals surface area contributed by atoms with Gasteiger partial charge in [-0.1, -0.05) is 11.6 Å². The molecule has 1 aliphatic carbocycles. The minimum Gasteiger partial charge on any atom is -0.394 e. The molecule has 2 rings (SSSR count). The van der Waals surface area contributed by atoms with E-state index < -0.39 is 0 Å². The number of carbonyl (C=O) groups excluding carboxylic acids is 2. The minimum absolute atomic E-state index is 0.135. The Balaban J connectivity index is 1.88. The predicted molar refractivity (Wildman–Crippen MR) is 77.6 cm³/mol. The summed E-state index contributed by atoms with van der Waals surface area (Å²) in [6, 6.07) is 0. The molecule has 0 atom stereocenters. The summed E-state index contributed by atoms with van der Waals surface area (Å²) in [7, 11) is 0. The Morgan fingerprint density at radius 2 is 1.65 bits per heavy atom. The van der Waals surface area contributed by atoms with E-state index in [9.17, 15) is 9.59 Å². The lowest BCUT2D eigenvalue weighted by Crippen LogP contribution is -2.51. The molecule has 0 radical (unpaired) electrons. The topological polar surface area (TPSA) is 66.6 Å². The van der Waals surface area contributed by atoms with Gasteiger partial charge in [0.1, 0.15) is 0 Å². The van der Waals surface area contributed by atoms with Gasteiger partial charge in [-0.25, -0.2) is 0 Å². The number of rotatable bonds is 3. The molecule has 0 aromatic carbocycles. The van der Waals surface area contributed by atoms with Gasteiger partial charge in [-0.05, 0) is 32.8 Å². The van der Waals surface area contributed by atoms with Crippen LogP contribution in [-0.4, -0.2) is 47.8 Å². The molecular weight excluding hydrogens is 254 g/mol. The van der Waals surface area contributed by atoms with Crippen LogP contribution in [0.3, 0.4) is 0 Å². The summed E-state index contributed by atoms with van der Waals surface area (Å²) < 4.78 is 0. The fourth-order valence-electron chi connectivity index (χ4n) is 2.29. The fourth-order valence-corrected chi connectivity index (χ4v) is 2.29. The Kier molecular flexibility index (Phi) is 4.47. The second kappa shape index (κ2) is 6.11. The molecule has 1 saturated heterocycles. The standard InChI is InChI=1S/C15H23N3O2/c1-3-11(2)10-13(16)15(20)18-8-6-17(7-9-18)14(19)12-4-5-12/h3,10,12H,4-9,16H2,1-2H3/b11-3-,13-10-. The first-order chi connectivity index (χ1) is 9.52. The monoisotopic (exact) mass is 277 g/mol. The molecule has 0 spiro atoms. The summed E-state index contributed by atoms with van der Waals surface area (Å²) in [5, 5.41) is 0. The highest BCUT2D eigenvalue weighted by atomic mass is 16.2. The number of amides is 2. The fraction of sp³-hybridized carbons (Fsp3) is 0.600. The highest BCUT2D eigenvalue weighted by Gasteiger charge is 2.35. The molecule has 110 valence electrons. The molecule has 2 amide bonds. The highest BCUT2D eigenvalue weighted by molar-refractivity contribution is 5.93. The first kappa shape index (κ1) is 14.6. The first-order valence-electron chi connectivity index (χ1n) is 7.21. The van der Waals surface area contributed by atoms with E-state index in [-0.39, 0.29) is 23.4 Å². The average Bonchev–Trinajstić information content (AvgIpc) is 3.30. The van der Waals surface area contributed by atoms with Crippen LogP contribution in [0.4, 0.5) is 0 Å². The number of allylic oxidation sites excluding steroid dienone is 3. The molecule has 0 aromatic heterocycles. The third kappa shape index (κ3) is 3.40. The van der Waals surface area contributed by atoms with Gasteiger partial charge in [-0.15, -0.1) is 0 Å². The second-order valence-corrected chi connectivity index (χ2v) is 5.52. The van der Waals surface area contributed by atoms with Crippen molar-refractivity contribution in [3.05, 3.63) is 23.4 Å². The summed E-state index contributed by atoms with van der Waals surface area (Å²) in [4.78, 5) is 27.7. The molecule has 5 heteroatoms. The zero-order valence-corrected chi connectivity index (χ0v) is 12.3. The van der Waals surface area contributed by atoms with Gasteiger partial charge >= 0.3 is 0 Å². The highest BCUT2D eigenvalue weighted by Crippen LogP contribution is 2.31. The van der Waals surface area contributed by atoms with E-state index >= 15 is 0 Å². The molecule has 0 aromatic rings. The van der Waals surface area contributed by atoms with Gasteiger partial charge in [0, 0.05) is 32.1 Å². The third-order valence-electron chi connectivity index (χ3n) is 3.89. The van der Waals surface area contributed by atoms with Crippen molar-refractivity contribution in [2.24, 2.45) is 11.7 Å². The van der Waals surface area contributed by atoms with E-state index in [1.165, 1.54) is 0 Å². The molecule has 2 aliphatic rings. The predicted octanol–water partition coefficient (Wildman–Crippen LogP) is 0.876. The molecule has 2 N–H and O–H groups in total. The summed E-state index contributed by atoms with van der Waals surface area (Å²) >= 11 is 0. The van der Waals surface area contributed by atoms with Crippen LogP contribution in [0.2, 0.25) is 0 Å². The van der Waals surface area contributed by atoms with Crippen LogP contribution in [0, 0.1) is 5.92 Å². The van der Waals surface area contributed by atoms with Crippen LogP contribution >= 0.6 is 0 Å². The molecule has 2 fully saturated rings. The summed E-state index contributed by atoms with van der Waals surface area (Å²) in [6.07, 6.45) is 5.66. The van der Waals surface area contributed by atoms with Gasteiger partial charge < -0.3 is 15.5 Å². The van der Waals surface area contributed by atoms with Crippen molar-refractivity contribution in [2.45, 2.75) is 26.7 Å². The van der Waals surface area contributed by atoms with Gasteiger partial charge in [-0.3, -0.25) is 9.59 Å². The molecule has 0 bridgehead atoms.